The lowest BCUT2D eigenvalue weighted by Crippen LogP contribution is -2.16. The predicted molar refractivity (Wildman–Crippen MR) is 126 cm³/mol. The highest BCUT2D eigenvalue weighted by atomic mass is 35.5. The van der Waals surface area contributed by atoms with Crippen molar-refractivity contribution in [2.24, 2.45) is 11.7 Å². The van der Waals surface area contributed by atoms with Crippen LogP contribution in [0.25, 0.3) is 22.0 Å². The Morgan fingerprint density at radius 2 is 1.88 bits per heavy atom. The average Bonchev–Trinajstić information content (AvgIpc) is 3.19. The minimum Gasteiger partial charge on any atom is -0.364 e. The summed E-state index contributed by atoms with van der Waals surface area (Å²) in [6.45, 7) is 4.21. The second kappa shape index (κ2) is 9.10. The maximum absolute atomic E-state index is 13.0. The van der Waals surface area contributed by atoms with Crippen molar-refractivity contribution in [1.82, 2.24) is 14.8 Å². The number of nitrogens with zero attached hydrogens (tertiary/aromatic N) is 3. The molecule has 4 rings (SSSR count). The number of pyridine rings is 1. The highest BCUT2D eigenvalue weighted by Crippen LogP contribution is 2.36. The van der Waals surface area contributed by atoms with E-state index in [9.17, 15) is 18.0 Å². The molecular formula is C25H22ClF3N4O. The fourth-order valence-corrected chi connectivity index (χ4v) is 4.18. The molecule has 34 heavy (non-hydrogen) atoms. The molecule has 1 unspecified atom stereocenters. The summed E-state index contributed by atoms with van der Waals surface area (Å²) in [5.74, 6) is -0.235. The van der Waals surface area contributed by atoms with Crippen LogP contribution in [0.2, 0.25) is 5.02 Å². The van der Waals surface area contributed by atoms with Gasteiger partial charge in [-0.3, -0.25) is 14.5 Å². The van der Waals surface area contributed by atoms with Crippen molar-refractivity contribution < 1.29 is 18.0 Å². The SMILES string of the molecule is CC(C)CC(c1ccc(C(N)=O)nc1)n1cc2cc(-c3ccc(C(F)(F)F)cc3Cl)ccc2n1. The Hall–Kier alpha value is -3.39. The van der Waals surface area contributed by atoms with Gasteiger partial charge in [0.2, 0.25) is 0 Å². The van der Waals surface area contributed by atoms with E-state index < -0.39 is 17.6 Å². The molecule has 0 aliphatic rings. The van der Waals surface area contributed by atoms with Crippen molar-refractivity contribution in [3.05, 3.63) is 82.8 Å². The van der Waals surface area contributed by atoms with Crippen molar-refractivity contribution in [2.75, 3.05) is 0 Å². The number of hydrogen-bond donors (Lipinski definition) is 1. The molecule has 2 aromatic carbocycles. The minimum absolute atomic E-state index is 0.0277. The number of benzene rings is 2. The fourth-order valence-electron chi connectivity index (χ4n) is 3.89. The molecule has 2 heterocycles. The molecular weight excluding hydrogens is 465 g/mol. The maximum atomic E-state index is 13.0. The highest BCUT2D eigenvalue weighted by Gasteiger charge is 2.31. The first kappa shape index (κ1) is 23.8. The normalized spacial score (nSPS) is 12.9. The Kier molecular flexibility index (Phi) is 6.36. The van der Waals surface area contributed by atoms with Crippen molar-refractivity contribution in [3.8, 4) is 11.1 Å². The predicted octanol–water partition coefficient (Wildman–Crippen LogP) is 6.50. The Morgan fingerprint density at radius 3 is 2.47 bits per heavy atom. The van der Waals surface area contributed by atoms with Crippen LogP contribution < -0.4 is 5.73 Å². The number of aromatic nitrogens is 3. The number of primary amides is 1. The Balaban J connectivity index is 1.72. The second-order valence-electron chi connectivity index (χ2n) is 8.56. The molecule has 176 valence electrons. The van der Waals surface area contributed by atoms with Crippen LogP contribution in [0.4, 0.5) is 13.2 Å². The first-order valence-corrected chi connectivity index (χ1v) is 11.0. The molecule has 2 aromatic heterocycles. The molecule has 0 saturated carbocycles. The number of nitrogens with two attached hydrogens (primary N) is 1. The van der Waals surface area contributed by atoms with Gasteiger partial charge in [0, 0.05) is 28.4 Å². The Morgan fingerprint density at radius 1 is 1.12 bits per heavy atom. The van der Waals surface area contributed by atoms with E-state index in [0.29, 0.717) is 17.0 Å². The topological polar surface area (TPSA) is 73.8 Å². The summed E-state index contributed by atoms with van der Waals surface area (Å²) in [5, 5.41) is 5.57. The summed E-state index contributed by atoms with van der Waals surface area (Å²) < 4.78 is 40.8. The van der Waals surface area contributed by atoms with Gasteiger partial charge >= 0.3 is 6.18 Å². The van der Waals surface area contributed by atoms with Crippen LogP contribution in [0.3, 0.4) is 0 Å². The molecule has 4 aromatic rings. The van der Waals surface area contributed by atoms with Crippen molar-refractivity contribution in [3.63, 3.8) is 0 Å². The maximum Gasteiger partial charge on any atom is 0.416 e. The first-order chi connectivity index (χ1) is 16.0. The summed E-state index contributed by atoms with van der Waals surface area (Å²) in [7, 11) is 0. The number of amides is 1. The number of fused-ring (bicyclic) bond motifs is 1. The largest absolute Gasteiger partial charge is 0.416 e. The number of hydrogen-bond acceptors (Lipinski definition) is 3. The summed E-state index contributed by atoms with van der Waals surface area (Å²) >= 11 is 6.19. The minimum atomic E-state index is -4.46. The molecule has 0 aliphatic carbocycles. The molecule has 0 bridgehead atoms. The van der Waals surface area contributed by atoms with Gasteiger partial charge < -0.3 is 5.73 Å². The van der Waals surface area contributed by atoms with Crippen molar-refractivity contribution in [2.45, 2.75) is 32.5 Å². The molecule has 1 amide bonds. The lowest BCUT2D eigenvalue weighted by atomic mass is 9.98. The third-order valence-electron chi connectivity index (χ3n) is 5.57. The molecule has 0 aliphatic heterocycles. The van der Waals surface area contributed by atoms with Gasteiger partial charge in [-0.25, -0.2) is 0 Å². The standard InChI is InChI=1S/C25H22ClF3N4O/c1-14(2)9-23(16-4-8-22(24(30)34)31-12-16)33-13-17-10-15(3-7-21(17)32-33)19-6-5-18(11-20(19)26)25(27,28)29/h3-8,10-14,23H,9H2,1-2H3,(H2,30,34). The fraction of sp³-hybridized carbons (Fsp3) is 0.240. The number of halogens is 4. The number of alkyl halides is 3. The quantitative estimate of drug-likeness (QED) is 0.338. The van der Waals surface area contributed by atoms with E-state index in [4.69, 9.17) is 22.4 Å². The van der Waals surface area contributed by atoms with E-state index in [-0.39, 0.29) is 16.8 Å². The van der Waals surface area contributed by atoms with Gasteiger partial charge in [-0.1, -0.05) is 43.6 Å². The molecule has 0 spiro atoms. The van der Waals surface area contributed by atoms with Gasteiger partial charge in [0.05, 0.1) is 17.1 Å². The molecule has 5 nitrogen and oxygen atoms in total. The third-order valence-corrected chi connectivity index (χ3v) is 5.88. The summed E-state index contributed by atoms with van der Waals surface area (Å²) in [4.78, 5) is 15.5. The summed E-state index contributed by atoms with van der Waals surface area (Å²) in [6.07, 6.45) is -0.148. The molecule has 2 N–H and O–H groups in total. The van der Waals surface area contributed by atoms with Crippen LogP contribution in [0.15, 0.2) is 60.9 Å². The smallest absolute Gasteiger partial charge is 0.364 e. The van der Waals surface area contributed by atoms with E-state index in [1.807, 2.05) is 29.1 Å². The molecule has 9 heteroatoms. The zero-order chi connectivity index (χ0) is 24.6. The first-order valence-electron chi connectivity index (χ1n) is 10.6. The Labute approximate surface area is 199 Å². The second-order valence-corrected chi connectivity index (χ2v) is 8.97. The van der Waals surface area contributed by atoms with Crippen molar-refractivity contribution in [1.29, 1.82) is 0 Å². The lowest BCUT2D eigenvalue weighted by molar-refractivity contribution is -0.137. The number of carbonyl (C=O) groups is 1. The van der Waals surface area contributed by atoms with E-state index in [0.717, 1.165) is 35.0 Å². The van der Waals surface area contributed by atoms with E-state index in [1.165, 1.54) is 6.07 Å². The van der Waals surface area contributed by atoms with Crippen LogP contribution in [-0.2, 0) is 6.18 Å². The van der Waals surface area contributed by atoms with Gasteiger partial charge in [0.1, 0.15) is 5.69 Å². The average molecular weight is 487 g/mol. The zero-order valence-electron chi connectivity index (χ0n) is 18.5. The number of carbonyl (C=O) groups excluding carboxylic acids is 1. The van der Waals surface area contributed by atoms with Crippen LogP contribution in [0.5, 0.6) is 0 Å². The van der Waals surface area contributed by atoms with Gasteiger partial charge in [-0.05, 0) is 53.8 Å². The summed E-state index contributed by atoms with van der Waals surface area (Å²) in [5.41, 5.74) is 7.53. The van der Waals surface area contributed by atoms with Crippen LogP contribution >= 0.6 is 11.6 Å². The molecule has 1 atom stereocenters. The zero-order valence-corrected chi connectivity index (χ0v) is 19.2. The van der Waals surface area contributed by atoms with Crippen LogP contribution in [0, 0.1) is 5.92 Å². The number of rotatable bonds is 6. The molecule has 0 fully saturated rings. The van der Waals surface area contributed by atoms with Crippen LogP contribution in [0.1, 0.15) is 47.9 Å². The monoisotopic (exact) mass is 486 g/mol. The Bertz CT molecular complexity index is 1350. The van der Waals surface area contributed by atoms with Crippen LogP contribution in [-0.4, -0.2) is 20.7 Å². The molecule has 0 radical (unpaired) electrons. The van der Waals surface area contributed by atoms with Gasteiger partial charge in [-0.2, -0.15) is 18.3 Å². The molecule has 0 saturated heterocycles. The van der Waals surface area contributed by atoms with E-state index >= 15 is 0 Å². The third kappa shape index (κ3) is 4.92. The van der Waals surface area contributed by atoms with Gasteiger partial charge in [-0.15, -0.1) is 0 Å². The van der Waals surface area contributed by atoms with Gasteiger partial charge in [0.25, 0.3) is 5.91 Å². The lowest BCUT2D eigenvalue weighted by Gasteiger charge is -2.20. The van der Waals surface area contributed by atoms with Crippen molar-refractivity contribution >= 4 is 28.4 Å². The van der Waals surface area contributed by atoms with E-state index in [2.05, 4.69) is 18.8 Å². The summed E-state index contributed by atoms with van der Waals surface area (Å²) in [6, 6.07) is 12.1. The highest BCUT2D eigenvalue weighted by molar-refractivity contribution is 6.33. The van der Waals surface area contributed by atoms with E-state index in [1.54, 1.807) is 18.3 Å². The van der Waals surface area contributed by atoms with Gasteiger partial charge in [0.15, 0.2) is 0 Å².